The molecule has 14 heavy (non-hydrogen) atoms. The van der Waals surface area contributed by atoms with Gasteiger partial charge in [0, 0.05) is 13.2 Å². The third kappa shape index (κ3) is 5.04. The molecule has 0 rings (SSSR count). The summed E-state index contributed by atoms with van der Waals surface area (Å²) in [5.74, 6) is 0.237. The predicted molar refractivity (Wildman–Crippen MR) is 56.6 cm³/mol. The molecule has 0 aromatic heterocycles. The summed E-state index contributed by atoms with van der Waals surface area (Å²) < 4.78 is 5.06. The summed E-state index contributed by atoms with van der Waals surface area (Å²) in [6, 6.07) is 0.278. The molecule has 5 heteroatoms. The topological polar surface area (TPSA) is 71.1 Å². The first-order valence-electron chi connectivity index (χ1n) is 4.85. The summed E-state index contributed by atoms with van der Waals surface area (Å²) in [5, 5.41) is 11.4. The van der Waals surface area contributed by atoms with Crippen molar-refractivity contribution in [1.29, 1.82) is 0 Å². The first-order valence-corrected chi connectivity index (χ1v) is 4.85. The second-order valence-electron chi connectivity index (χ2n) is 3.37. The molecule has 1 atom stereocenters. The minimum absolute atomic E-state index is 0.237. The third-order valence-corrected chi connectivity index (χ3v) is 2.04. The Kier molecular flexibility index (Phi) is 7.14. The van der Waals surface area contributed by atoms with E-state index in [0.717, 1.165) is 13.0 Å². The van der Waals surface area contributed by atoms with E-state index in [1.54, 1.807) is 7.11 Å². The van der Waals surface area contributed by atoms with Crippen molar-refractivity contribution in [3.8, 4) is 0 Å². The van der Waals surface area contributed by atoms with Crippen LogP contribution in [0, 0.1) is 0 Å². The van der Waals surface area contributed by atoms with Gasteiger partial charge in [0.1, 0.15) is 0 Å². The molecular weight excluding hydrogens is 182 g/mol. The van der Waals surface area contributed by atoms with Crippen LogP contribution in [0.2, 0.25) is 0 Å². The summed E-state index contributed by atoms with van der Waals surface area (Å²) in [4.78, 5) is 2.12. The monoisotopic (exact) mass is 203 g/mol. The molecule has 0 aromatic carbocycles. The highest BCUT2D eigenvalue weighted by Crippen LogP contribution is 2.00. The molecule has 0 saturated heterocycles. The van der Waals surface area contributed by atoms with Crippen LogP contribution >= 0.6 is 0 Å². The summed E-state index contributed by atoms with van der Waals surface area (Å²) in [7, 11) is 1.67. The maximum atomic E-state index is 8.47. The molecule has 0 aliphatic heterocycles. The average molecular weight is 203 g/mol. The quantitative estimate of drug-likeness (QED) is 0.273. The van der Waals surface area contributed by atoms with E-state index >= 15 is 0 Å². The summed E-state index contributed by atoms with van der Waals surface area (Å²) in [6.07, 6.45) is 1.03. The summed E-state index contributed by atoms with van der Waals surface area (Å²) >= 11 is 0. The largest absolute Gasteiger partial charge is 0.409 e. The van der Waals surface area contributed by atoms with Gasteiger partial charge in [-0.25, -0.2) is 0 Å². The Morgan fingerprint density at radius 3 is 2.71 bits per heavy atom. The van der Waals surface area contributed by atoms with E-state index in [1.165, 1.54) is 0 Å². The molecule has 0 bridgehead atoms. The van der Waals surface area contributed by atoms with Crippen LogP contribution in [0.25, 0.3) is 0 Å². The van der Waals surface area contributed by atoms with Gasteiger partial charge in [0.25, 0.3) is 0 Å². The third-order valence-electron chi connectivity index (χ3n) is 2.04. The lowest BCUT2D eigenvalue weighted by molar-refractivity contribution is 0.108. The molecule has 0 radical (unpaired) electrons. The van der Waals surface area contributed by atoms with Crippen molar-refractivity contribution >= 4 is 5.84 Å². The Bertz CT molecular complexity index is 173. The molecule has 3 N–H and O–H groups in total. The number of amidine groups is 1. The zero-order valence-corrected chi connectivity index (χ0v) is 9.23. The van der Waals surface area contributed by atoms with E-state index in [0.29, 0.717) is 13.2 Å². The zero-order chi connectivity index (χ0) is 11.0. The number of methoxy groups -OCH3 is 1. The number of oxime groups is 1. The van der Waals surface area contributed by atoms with E-state index in [4.69, 9.17) is 15.7 Å². The first-order chi connectivity index (χ1) is 6.65. The van der Waals surface area contributed by atoms with Crippen LogP contribution in [0.5, 0.6) is 0 Å². The summed E-state index contributed by atoms with van der Waals surface area (Å²) in [5.41, 5.74) is 5.46. The fourth-order valence-corrected chi connectivity index (χ4v) is 1.33. The fourth-order valence-electron chi connectivity index (χ4n) is 1.33. The van der Waals surface area contributed by atoms with Crippen LogP contribution in [0.3, 0.4) is 0 Å². The van der Waals surface area contributed by atoms with Crippen LogP contribution in [0.1, 0.15) is 20.3 Å². The van der Waals surface area contributed by atoms with Crippen molar-refractivity contribution < 1.29 is 9.94 Å². The molecular formula is C9H21N3O2. The molecule has 0 amide bonds. The van der Waals surface area contributed by atoms with Gasteiger partial charge in [-0.3, -0.25) is 4.90 Å². The minimum Gasteiger partial charge on any atom is -0.409 e. The lowest BCUT2D eigenvalue weighted by atomic mass is 10.2. The van der Waals surface area contributed by atoms with Crippen LogP contribution in [0.4, 0.5) is 0 Å². The van der Waals surface area contributed by atoms with Gasteiger partial charge >= 0.3 is 0 Å². The normalized spacial score (nSPS) is 14.7. The van der Waals surface area contributed by atoms with Gasteiger partial charge in [-0.15, -0.1) is 0 Å². The number of nitrogens with two attached hydrogens (primary N) is 1. The molecule has 0 aliphatic carbocycles. The maximum Gasteiger partial charge on any atom is 0.153 e. The minimum atomic E-state index is 0.237. The number of nitrogens with zero attached hydrogens (tertiary/aromatic N) is 2. The van der Waals surface area contributed by atoms with E-state index < -0.39 is 0 Å². The van der Waals surface area contributed by atoms with Gasteiger partial charge < -0.3 is 15.7 Å². The molecule has 0 spiro atoms. The Balaban J connectivity index is 4.12. The zero-order valence-electron chi connectivity index (χ0n) is 9.23. The Morgan fingerprint density at radius 2 is 2.29 bits per heavy atom. The Labute approximate surface area is 85.5 Å². The molecule has 0 saturated carbocycles. The molecule has 5 nitrogen and oxygen atoms in total. The van der Waals surface area contributed by atoms with E-state index in [-0.39, 0.29) is 11.9 Å². The van der Waals surface area contributed by atoms with Gasteiger partial charge in [-0.2, -0.15) is 0 Å². The van der Waals surface area contributed by atoms with Crippen LogP contribution < -0.4 is 5.73 Å². The van der Waals surface area contributed by atoms with Crippen molar-refractivity contribution in [3.05, 3.63) is 0 Å². The molecule has 0 heterocycles. The second kappa shape index (κ2) is 7.58. The standard InChI is InChI=1S/C9H21N3O2/c1-4-5-12(6-9(10)11-13)8(2)7-14-3/h8,13H,4-7H2,1-3H3,(H2,10,11). The Morgan fingerprint density at radius 1 is 1.64 bits per heavy atom. The van der Waals surface area contributed by atoms with E-state index in [1.807, 2.05) is 0 Å². The van der Waals surface area contributed by atoms with Gasteiger partial charge in [0.05, 0.1) is 13.2 Å². The smallest absolute Gasteiger partial charge is 0.153 e. The first kappa shape index (κ1) is 13.2. The second-order valence-corrected chi connectivity index (χ2v) is 3.37. The lowest BCUT2D eigenvalue weighted by Gasteiger charge is -2.27. The number of ether oxygens (including phenoxy) is 1. The number of hydrogen-bond acceptors (Lipinski definition) is 4. The fraction of sp³-hybridized carbons (Fsp3) is 0.889. The molecule has 84 valence electrons. The SMILES string of the molecule is CCCN(CC(N)=NO)C(C)COC. The molecule has 0 aromatic rings. The lowest BCUT2D eigenvalue weighted by Crippen LogP contribution is -2.42. The van der Waals surface area contributed by atoms with Gasteiger partial charge in [0.2, 0.25) is 0 Å². The van der Waals surface area contributed by atoms with Gasteiger partial charge in [-0.1, -0.05) is 12.1 Å². The van der Waals surface area contributed by atoms with Crippen LogP contribution in [-0.4, -0.2) is 48.8 Å². The molecule has 0 fully saturated rings. The van der Waals surface area contributed by atoms with Crippen molar-refractivity contribution in [1.82, 2.24) is 4.90 Å². The van der Waals surface area contributed by atoms with Crippen LogP contribution in [-0.2, 0) is 4.74 Å². The van der Waals surface area contributed by atoms with Crippen molar-refractivity contribution in [3.63, 3.8) is 0 Å². The van der Waals surface area contributed by atoms with Gasteiger partial charge in [-0.05, 0) is 19.9 Å². The van der Waals surface area contributed by atoms with E-state index in [2.05, 4.69) is 23.9 Å². The average Bonchev–Trinajstić information content (AvgIpc) is 2.17. The van der Waals surface area contributed by atoms with Crippen molar-refractivity contribution in [2.45, 2.75) is 26.3 Å². The number of rotatable bonds is 7. The highest BCUT2D eigenvalue weighted by Gasteiger charge is 2.13. The van der Waals surface area contributed by atoms with Crippen molar-refractivity contribution in [2.24, 2.45) is 10.9 Å². The highest BCUT2D eigenvalue weighted by atomic mass is 16.5. The summed E-state index contributed by atoms with van der Waals surface area (Å²) in [6.45, 7) is 6.21. The van der Waals surface area contributed by atoms with Crippen molar-refractivity contribution in [2.75, 3.05) is 26.8 Å². The Hall–Kier alpha value is -0.810. The number of hydrogen-bond donors (Lipinski definition) is 2. The van der Waals surface area contributed by atoms with Crippen LogP contribution in [0.15, 0.2) is 5.16 Å². The van der Waals surface area contributed by atoms with E-state index in [9.17, 15) is 0 Å². The molecule has 0 aliphatic rings. The predicted octanol–water partition coefficient (Wildman–Crippen LogP) is 0.480. The molecule has 1 unspecified atom stereocenters. The maximum absolute atomic E-state index is 8.47. The highest BCUT2D eigenvalue weighted by molar-refractivity contribution is 5.81. The van der Waals surface area contributed by atoms with Gasteiger partial charge in [0.15, 0.2) is 5.84 Å².